The van der Waals surface area contributed by atoms with Gasteiger partial charge in [0.25, 0.3) is 0 Å². The van der Waals surface area contributed by atoms with Crippen molar-refractivity contribution in [1.29, 1.82) is 0 Å². The zero-order valence-electron chi connectivity index (χ0n) is 13.0. The molecule has 2 rings (SSSR count). The van der Waals surface area contributed by atoms with Gasteiger partial charge in [-0.25, -0.2) is 18.1 Å². The summed E-state index contributed by atoms with van der Waals surface area (Å²) in [6.07, 6.45) is 4.62. The number of rotatable bonds is 8. The summed E-state index contributed by atoms with van der Waals surface area (Å²) in [5.74, 6) is 1.20. The van der Waals surface area contributed by atoms with E-state index in [9.17, 15) is 8.42 Å². The molecule has 1 heterocycles. The van der Waals surface area contributed by atoms with Crippen LogP contribution in [-0.2, 0) is 10.0 Å². The Kier molecular flexibility index (Phi) is 4.88. The summed E-state index contributed by atoms with van der Waals surface area (Å²) in [5.41, 5.74) is 0.156. The fourth-order valence-electron chi connectivity index (χ4n) is 2.34. The highest BCUT2D eigenvalue weighted by Gasteiger charge is 2.45. The first-order valence-corrected chi connectivity index (χ1v) is 9.07. The molecule has 1 aromatic heterocycles. The first-order valence-electron chi connectivity index (χ1n) is 7.59. The first-order chi connectivity index (χ1) is 9.89. The van der Waals surface area contributed by atoms with Gasteiger partial charge >= 0.3 is 0 Å². The Morgan fingerprint density at radius 1 is 1.33 bits per heavy atom. The van der Waals surface area contributed by atoms with E-state index in [4.69, 9.17) is 0 Å². The Morgan fingerprint density at radius 2 is 2.05 bits per heavy atom. The van der Waals surface area contributed by atoms with E-state index in [0.29, 0.717) is 18.3 Å². The van der Waals surface area contributed by atoms with Gasteiger partial charge < -0.3 is 5.32 Å². The van der Waals surface area contributed by atoms with E-state index in [2.05, 4.69) is 35.8 Å². The van der Waals surface area contributed by atoms with Gasteiger partial charge in [-0.05, 0) is 42.7 Å². The first kappa shape index (κ1) is 16.2. The molecule has 21 heavy (non-hydrogen) atoms. The molecule has 1 saturated carbocycles. The number of sulfonamides is 1. The minimum absolute atomic E-state index is 0.156. The summed E-state index contributed by atoms with van der Waals surface area (Å²) in [6, 6.07) is 3.31. The molecule has 0 bridgehead atoms. The van der Waals surface area contributed by atoms with Crippen molar-refractivity contribution >= 4 is 15.8 Å². The lowest BCUT2D eigenvalue weighted by molar-refractivity contribution is 0.357. The van der Waals surface area contributed by atoms with Crippen LogP contribution in [-0.4, -0.2) is 26.5 Å². The van der Waals surface area contributed by atoms with E-state index in [1.54, 1.807) is 12.1 Å². The van der Waals surface area contributed by atoms with E-state index < -0.39 is 10.0 Å². The molecular formula is C15H25N3O2S. The average Bonchev–Trinajstić information content (AvgIpc) is 3.25. The smallest absolute Gasteiger partial charge is 0.242 e. The van der Waals surface area contributed by atoms with Crippen LogP contribution in [0.3, 0.4) is 0 Å². The van der Waals surface area contributed by atoms with Crippen molar-refractivity contribution in [3.63, 3.8) is 0 Å². The van der Waals surface area contributed by atoms with Crippen molar-refractivity contribution in [2.24, 2.45) is 11.3 Å². The Hall–Kier alpha value is -1.14. The van der Waals surface area contributed by atoms with Crippen LogP contribution in [0, 0.1) is 11.3 Å². The SMILES string of the molecule is CCCNc1ccc(S(=O)(=O)NCC2(C(C)C)CC2)cn1. The third kappa shape index (κ3) is 3.95. The van der Waals surface area contributed by atoms with Crippen LogP contribution in [0.4, 0.5) is 5.82 Å². The van der Waals surface area contributed by atoms with Gasteiger partial charge in [0, 0.05) is 19.3 Å². The van der Waals surface area contributed by atoms with E-state index in [1.165, 1.54) is 6.20 Å². The minimum Gasteiger partial charge on any atom is -0.370 e. The summed E-state index contributed by atoms with van der Waals surface area (Å²) in [4.78, 5) is 4.37. The van der Waals surface area contributed by atoms with E-state index in [-0.39, 0.29) is 10.3 Å². The third-order valence-electron chi connectivity index (χ3n) is 4.33. The largest absolute Gasteiger partial charge is 0.370 e. The highest BCUT2D eigenvalue weighted by molar-refractivity contribution is 7.89. The van der Waals surface area contributed by atoms with Gasteiger partial charge in [0.15, 0.2) is 0 Å². The number of aromatic nitrogens is 1. The second kappa shape index (κ2) is 6.32. The summed E-state index contributed by atoms with van der Waals surface area (Å²) in [7, 11) is -3.46. The van der Waals surface area contributed by atoms with Gasteiger partial charge in [-0.3, -0.25) is 0 Å². The van der Waals surface area contributed by atoms with E-state index >= 15 is 0 Å². The predicted molar refractivity (Wildman–Crippen MR) is 84.7 cm³/mol. The third-order valence-corrected chi connectivity index (χ3v) is 5.72. The lowest BCUT2D eigenvalue weighted by atomic mass is 9.93. The van der Waals surface area contributed by atoms with E-state index in [1.807, 2.05) is 0 Å². The maximum Gasteiger partial charge on any atom is 0.242 e. The molecule has 2 N–H and O–H groups in total. The van der Waals surface area contributed by atoms with Gasteiger partial charge in [0.2, 0.25) is 10.0 Å². The molecule has 6 heteroatoms. The van der Waals surface area contributed by atoms with Crippen LogP contribution in [0.15, 0.2) is 23.2 Å². The standard InChI is InChI=1S/C15H25N3O2S/c1-4-9-16-14-6-5-13(10-17-14)21(19,20)18-11-15(7-8-15)12(2)3/h5-6,10,12,18H,4,7-9,11H2,1-3H3,(H,16,17). The molecule has 1 aliphatic rings. The molecule has 0 unspecified atom stereocenters. The molecule has 1 fully saturated rings. The number of anilines is 1. The van der Waals surface area contributed by atoms with Crippen LogP contribution in [0.25, 0.3) is 0 Å². The Bertz CT molecular complexity index is 563. The molecule has 0 saturated heterocycles. The lowest BCUT2D eigenvalue weighted by Gasteiger charge is -2.20. The molecule has 118 valence electrons. The Morgan fingerprint density at radius 3 is 2.52 bits per heavy atom. The molecule has 0 radical (unpaired) electrons. The molecule has 0 aliphatic heterocycles. The Labute approximate surface area is 127 Å². The zero-order chi connectivity index (χ0) is 15.5. The highest BCUT2D eigenvalue weighted by Crippen LogP contribution is 2.51. The monoisotopic (exact) mass is 311 g/mol. The van der Waals surface area contributed by atoms with Crippen molar-refractivity contribution in [2.45, 2.75) is 44.9 Å². The highest BCUT2D eigenvalue weighted by atomic mass is 32.2. The number of hydrogen-bond donors (Lipinski definition) is 2. The lowest BCUT2D eigenvalue weighted by Crippen LogP contribution is -2.32. The van der Waals surface area contributed by atoms with Crippen LogP contribution >= 0.6 is 0 Å². The summed E-state index contributed by atoms with van der Waals surface area (Å²) >= 11 is 0. The number of nitrogens with zero attached hydrogens (tertiary/aromatic N) is 1. The second-order valence-electron chi connectivity index (χ2n) is 6.15. The molecule has 1 aromatic rings. The fourth-order valence-corrected chi connectivity index (χ4v) is 3.42. The maximum absolute atomic E-state index is 12.3. The van der Waals surface area contributed by atoms with Gasteiger partial charge in [-0.15, -0.1) is 0 Å². The van der Waals surface area contributed by atoms with Gasteiger partial charge in [0.1, 0.15) is 10.7 Å². The van der Waals surface area contributed by atoms with Crippen molar-refractivity contribution < 1.29 is 8.42 Å². The van der Waals surface area contributed by atoms with Crippen molar-refractivity contribution in [2.75, 3.05) is 18.4 Å². The molecule has 0 amide bonds. The topological polar surface area (TPSA) is 71.1 Å². The van der Waals surface area contributed by atoms with Crippen LogP contribution in [0.5, 0.6) is 0 Å². The normalized spacial score (nSPS) is 17.0. The maximum atomic E-state index is 12.3. The number of pyridine rings is 1. The second-order valence-corrected chi connectivity index (χ2v) is 7.91. The van der Waals surface area contributed by atoms with Gasteiger partial charge in [-0.1, -0.05) is 20.8 Å². The summed E-state index contributed by atoms with van der Waals surface area (Å²) in [5, 5.41) is 3.13. The minimum atomic E-state index is -3.46. The van der Waals surface area contributed by atoms with Crippen molar-refractivity contribution in [1.82, 2.24) is 9.71 Å². The fraction of sp³-hybridized carbons (Fsp3) is 0.667. The van der Waals surface area contributed by atoms with Crippen LogP contribution in [0.2, 0.25) is 0 Å². The van der Waals surface area contributed by atoms with Crippen molar-refractivity contribution in [3.05, 3.63) is 18.3 Å². The average molecular weight is 311 g/mol. The molecule has 0 spiro atoms. The van der Waals surface area contributed by atoms with Crippen LogP contribution in [0.1, 0.15) is 40.0 Å². The van der Waals surface area contributed by atoms with Crippen molar-refractivity contribution in [3.8, 4) is 0 Å². The van der Waals surface area contributed by atoms with Gasteiger partial charge in [0.05, 0.1) is 0 Å². The molecule has 1 aliphatic carbocycles. The zero-order valence-corrected chi connectivity index (χ0v) is 13.8. The Balaban J connectivity index is 1.99. The number of nitrogens with one attached hydrogen (secondary N) is 2. The predicted octanol–water partition coefficient (Wildman–Crippen LogP) is 2.62. The van der Waals surface area contributed by atoms with E-state index in [0.717, 1.165) is 25.8 Å². The molecule has 0 aromatic carbocycles. The number of hydrogen-bond acceptors (Lipinski definition) is 4. The van der Waals surface area contributed by atoms with Gasteiger partial charge in [-0.2, -0.15) is 0 Å². The van der Waals surface area contributed by atoms with Crippen LogP contribution < -0.4 is 10.0 Å². The quantitative estimate of drug-likeness (QED) is 0.774. The molecular weight excluding hydrogens is 286 g/mol. The molecule has 5 nitrogen and oxygen atoms in total. The summed E-state index contributed by atoms with van der Waals surface area (Å²) < 4.78 is 27.3. The molecule has 0 atom stereocenters. The summed E-state index contributed by atoms with van der Waals surface area (Å²) in [6.45, 7) is 7.71.